The van der Waals surface area contributed by atoms with Crippen LogP contribution < -0.4 is 5.73 Å². The number of guanidine groups is 1. The van der Waals surface area contributed by atoms with E-state index in [1.807, 2.05) is 0 Å². The Morgan fingerprint density at radius 1 is 1.11 bits per heavy atom. The van der Waals surface area contributed by atoms with E-state index in [2.05, 4.69) is 11.6 Å². The molecular formula is C20H19F4N3. The average Bonchev–Trinajstić information content (AvgIpc) is 2.60. The summed E-state index contributed by atoms with van der Waals surface area (Å²) in [6.07, 6.45) is -4.43. The Balaban J connectivity index is 2.18. The maximum atomic E-state index is 14.6. The molecule has 1 aliphatic heterocycles. The van der Waals surface area contributed by atoms with Crippen molar-refractivity contribution < 1.29 is 17.6 Å². The van der Waals surface area contributed by atoms with Gasteiger partial charge in [-0.05, 0) is 30.7 Å². The molecule has 0 aromatic heterocycles. The Labute approximate surface area is 154 Å². The zero-order chi connectivity index (χ0) is 20.0. The molecule has 0 saturated heterocycles. The van der Waals surface area contributed by atoms with Crippen LogP contribution in [0.15, 0.2) is 65.8 Å². The van der Waals surface area contributed by atoms with E-state index in [0.29, 0.717) is 16.8 Å². The molecule has 0 spiro atoms. The van der Waals surface area contributed by atoms with Gasteiger partial charge in [-0.2, -0.15) is 13.2 Å². The molecule has 3 nitrogen and oxygen atoms in total. The van der Waals surface area contributed by atoms with E-state index < -0.39 is 29.0 Å². The summed E-state index contributed by atoms with van der Waals surface area (Å²) < 4.78 is 53.3. The van der Waals surface area contributed by atoms with Crippen LogP contribution in [0.1, 0.15) is 29.5 Å². The average molecular weight is 377 g/mol. The van der Waals surface area contributed by atoms with Gasteiger partial charge in [-0.25, -0.2) is 9.38 Å². The molecule has 2 N–H and O–H groups in total. The monoisotopic (exact) mass is 377 g/mol. The fraction of sp³-hybridized carbons (Fsp3) is 0.250. The lowest BCUT2D eigenvalue weighted by molar-refractivity contribution is -0.137. The molecule has 0 aliphatic carbocycles. The number of hydrogen-bond acceptors (Lipinski definition) is 3. The van der Waals surface area contributed by atoms with Crippen LogP contribution in [0.4, 0.5) is 17.6 Å². The highest BCUT2D eigenvalue weighted by Gasteiger charge is 2.45. The largest absolute Gasteiger partial charge is 0.416 e. The van der Waals surface area contributed by atoms with E-state index in [0.717, 1.165) is 12.1 Å². The predicted molar refractivity (Wildman–Crippen MR) is 96.5 cm³/mol. The second kappa shape index (κ2) is 6.40. The first-order valence-corrected chi connectivity index (χ1v) is 8.25. The lowest BCUT2D eigenvalue weighted by atomic mass is 9.73. The summed E-state index contributed by atoms with van der Waals surface area (Å²) >= 11 is 0. The first-order valence-electron chi connectivity index (χ1n) is 8.25. The van der Waals surface area contributed by atoms with Crippen molar-refractivity contribution >= 4 is 5.96 Å². The number of alkyl halides is 3. The normalized spacial score (nSPS) is 23.3. The van der Waals surface area contributed by atoms with E-state index in [-0.39, 0.29) is 5.96 Å². The highest BCUT2D eigenvalue weighted by molar-refractivity contribution is 5.82. The van der Waals surface area contributed by atoms with Gasteiger partial charge in [-0.1, -0.05) is 36.9 Å². The molecule has 3 rings (SSSR count). The van der Waals surface area contributed by atoms with E-state index >= 15 is 0 Å². The molecule has 2 atom stereocenters. The van der Waals surface area contributed by atoms with Gasteiger partial charge in [0.05, 0.1) is 11.5 Å². The van der Waals surface area contributed by atoms with Crippen molar-refractivity contribution in [2.75, 3.05) is 7.05 Å². The Morgan fingerprint density at radius 3 is 2.26 bits per heavy atom. The number of hydrogen-bond donors (Lipinski definition) is 1. The third-order valence-electron chi connectivity index (χ3n) is 5.01. The molecule has 142 valence electrons. The molecule has 1 aliphatic rings. The van der Waals surface area contributed by atoms with Crippen LogP contribution in [-0.4, -0.2) is 17.9 Å². The smallest absolute Gasteiger partial charge is 0.370 e. The van der Waals surface area contributed by atoms with Crippen LogP contribution in [-0.2, 0) is 11.7 Å². The zero-order valence-corrected chi connectivity index (χ0v) is 14.9. The van der Waals surface area contributed by atoms with E-state index in [9.17, 15) is 17.6 Å². The second-order valence-corrected chi connectivity index (χ2v) is 6.70. The summed E-state index contributed by atoms with van der Waals surface area (Å²) in [4.78, 5) is 6.06. The third kappa shape index (κ3) is 3.18. The van der Waals surface area contributed by atoms with Gasteiger partial charge in [0.1, 0.15) is 11.4 Å². The maximum absolute atomic E-state index is 14.6. The Morgan fingerprint density at radius 2 is 1.70 bits per heavy atom. The van der Waals surface area contributed by atoms with Gasteiger partial charge in [0.2, 0.25) is 0 Å². The molecule has 0 amide bonds. The number of halogens is 4. The number of likely N-dealkylation sites (N-methyl/N-ethyl adjacent to an activating group) is 1. The number of aliphatic imine (C=N–C) groups is 1. The van der Waals surface area contributed by atoms with Crippen molar-refractivity contribution in [1.82, 2.24) is 4.90 Å². The quantitative estimate of drug-likeness (QED) is 0.776. The van der Waals surface area contributed by atoms with Crippen LogP contribution in [0.3, 0.4) is 0 Å². The summed E-state index contributed by atoms with van der Waals surface area (Å²) in [5.74, 6) is -0.895. The Bertz CT molecular complexity index is 902. The van der Waals surface area contributed by atoms with Gasteiger partial charge in [0.25, 0.3) is 0 Å². The summed E-state index contributed by atoms with van der Waals surface area (Å²) in [7, 11) is 1.67. The number of nitrogens with two attached hydrogens (primary N) is 1. The SMILES string of the molecule is C=C1[C@@H](c2ccc(C(F)(F)F)cc2)[C@@](C)(c2ccccc2F)N=C(N)N1C. The third-order valence-corrected chi connectivity index (χ3v) is 5.01. The molecule has 0 unspecified atom stereocenters. The molecule has 27 heavy (non-hydrogen) atoms. The molecule has 0 fully saturated rings. The lowest BCUT2D eigenvalue weighted by Crippen LogP contribution is -2.47. The molecule has 1 heterocycles. The van der Waals surface area contributed by atoms with Crippen LogP contribution in [0.5, 0.6) is 0 Å². The minimum atomic E-state index is -4.43. The molecule has 2 aromatic rings. The fourth-order valence-corrected chi connectivity index (χ4v) is 3.51. The van der Waals surface area contributed by atoms with Gasteiger partial charge in [-0.15, -0.1) is 0 Å². The lowest BCUT2D eigenvalue weighted by Gasteiger charge is -2.44. The van der Waals surface area contributed by atoms with Crippen LogP contribution in [0, 0.1) is 5.82 Å². The van der Waals surface area contributed by atoms with Gasteiger partial charge in [0.15, 0.2) is 5.96 Å². The minimum Gasteiger partial charge on any atom is -0.370 e. The molecular weight excluding hydrogens is 358 g/mol. The molecule has 0 saturated carbocycles. The number of benzene rings is 2. The molecule has 0 bridgehead atoms. The van der Waals surface area contributed by atoms with Crippen LogP contribution in [0.25, 0.3) is 0 Å². The second-order valence-electron chi connectivity index (χ2n) is 6.70. The van der Waals surface area contributed by atoms with Gasteiger partial charge >= 0.3 is 6.18 Å². The van der Waals surface area contributed by atoms with E-state index in [4.69, 9.17) is 5.73 Å². The van der Waals surface area contributed by atoms with Gasteiger partial charge in [-0.3, -0.25) is 0 Å². The van der Waals surface area contributed by atoms with Gasteiger partial charge < -0.3 is 10.6 Å². The molecule has 2 aromatic carbocycles. The van der Waals surface area contributed by atoms with Crippen molar-refractivity contribution in [3.05, 3.63) is 83.3 Å². The van der Waals surface area contributed by atoms with Crippen molar-refractivity contribution in [2.45, 2.75) is 24.6 Å². The minimum absolute atomic E-state index is 0.161. The maximum Gasteiger partial charge on any atom is 0.416 e. The first kappa shape index (κ1) is 18.9. The topological polar surface area (TPSA) is 41.6 Å². The molecule has 7 heteroatoms. The fourth-order valence-electron chi connectivity index (χ4n) is 3.51. The Kier molecular flexibility index (Phi) is 4.49. The van der Waals surface area contributed by atoms with Gasteiger partial charge in [0, 0.05) is 18.3 Å². The first-order chi connectivity index (χ1) is 12.6. The highest BCUT2D eigenvalue weighted by atomic mass is 19.4. The van der Waals surface area contributed by atoms with Crippen molar-refractivity contribution in [1.29, 1.82) is 0 Å². The van der Waals surface area contributed by atoms with Crippen LogP contribution >= 0.6 is 0 Å². The standard InChI is InChI=1S/C20H19F4N3/c1-12-17(13-8-10-14(11-9-13)20(22,23)24)19(2,26-18(25)27(12)3)15-6-4-5-7-16(15)21/h4-11,17H,1H2,2-3H3,(H2,25,26)/t17-,19+/m0/s1. The summed E-state index contributed by atoms with van der Waals surface area (Å²) in [6, 6.07) is 10.9. The van der Waals surface area contributed by atoms with E-state index in [1.165, 1.54) is 18.2 Å². The number of nitrogens with zero attached hydrogens (tertiary/aromatic N) is 2. The molecule has 0 radical (unpaired) electrons. The summed E-state index contributed by atoms with van der Waals surface area (Å²) in [5.41, 5.74) is 5.45. The van der Waals surface area contributed by atoms with E-state index in [1.54, 1.807) is 37.1 Å². The van der Waals surface area contributed by atoms with Crippen molar-refractivity contribution in [3.8, 4) is 0 Å². The number of rotatable bonds is 2. The highest BCUT2D eigenvalue weighted by Crippen LogP contribution is 2.48. The van der Waals surface area contributed by atoms with Crippen molar-refractivity contribution in [2.24, 2.45) is 10.7 Å². The Hall–Kier alpha value is -2.83. The summed E-state index contributed by atoms with van der Waals surface area (Å²) in [6.45, 7) is 5.75. The predicted octanol–water partition coefficient (Wildman–Crippen LogP) is 4.62. The van der Waals surface area contributed by atoms with Crippen LogP contribution in [0.2, 0.25) is 0 Å². The summed E-state index contributed by atoms with van der Waals surface area (Å²) in [5, 5.41) is 0. The zero-order valence-electron chi connectivity index (χ0n) is 14.9. The van der Waals surface area contributed by atoms with Crippen molar-refractivity contribution in [3.63, 3.8) is 0 Å².